The number of piperidine rings is 1. The van der Waals surface area contributed by atoms with E-state index in [9.17, 15) is 4.79 Å². The normalized spacial score (nSPS) is 29.1. The summed E-state index contributed by atoms with van der Waals surface area (Å²) in [6.45, 7) is 4.68. The van der Waals surface area contributed by atoms with Gasteiger partial charge in [-0.25, -0.2) is 4.79 Å². The van der Waals surface area contributed by atoms with Crippen molar-refractivity contribution in [1.29, 1.82) is 0 Å². The second kappa shape index (κ2) is 4.79. The van der Waals surface area contributed by atoms with Gasteiger partial charge in [-0.1, -0.05) is 5.57 Å². The van der Waals surface area contributed by atoms with Crippen LogP contribution in [0.4, 0.5) is 0 Å². The van der Waals surface area contributed by atoms with Crippen LogP contribution in [0.3, 0.4) is 0 Å². The third kappa shape index (κ3) is 2.59. The summed E-state index contributed by atoms with van der Waals surface area (Å²) in [5.74, 6) is -0.168. The molecular weight excluding hydrogens is 190 g/mol. The maximum Gasteiger partial charge on any atom is 0.330 e. The standard InChI is InChI=1S/C12H19NO2/c1-2-15-12(14)9-10-5-7-13-6-3-4-11(13)8-10/h9,11H,2-8H2,1H3/b10-9+/t11-/m0/s1. The quantitative estimate of drug-likeness (QED) is 0.512. The average Bonchev–Trinajstić information content (AvgIpc) is 2.65. The van der Waals surface area contributed by atoms with Gasteiger partial charge in [0.15, 0.2) is 0 Å². The highest BCUT2D eigenvalue weighted by atomic mass is 16.5. The van der Waals surface area contributed by atoms with Crippen LogP contribution in [0.25, 0.3) is 0 Å². The van der Waals surface area contributed by atoms with Gasteiger partial charge in [0.2, 0.25) is 0 Å². The Morgan fingerprint density at radius 1 is 1.60 bits per heavy atom. The number of carbonyl (C=O) groups is 1. The van der Waals surface area contributed by atoms with E-state index in [0.29, 0.717) is 12.6 Å². The van der Waals surface area contributed by atoms with Gasteiger partial charge in [-0.05, 0) is 39.2 Å². The van der Waals surface area contributed by atoms with Crippen molar-refractivity contribution < 1.29 is 9.53 Å². The molecule has 0 saturated carbocycles. The molecule has 0 aromatic rings. The van der Waals surface area contributed by atoms with Gasteiger partial charge in [-0.2, -0.15) is 0 Å². The van der Waals surface area contributed by atoms with Crippen LogP contribution in [0.1, 0.15) is 32.6 Å². The number of rotatable bonds is 2. The molecular formula is C12H19NO2. The van der Waals surface area contributed by atoms with Gasteiger partial charge in [-0.15, -0.1) is 0 Å². The van der Waals surface area contributed by atoms with Crippen molar-refractivity contribution in [2.24, 2.45) is 0 Å². The van der Waals surface area contributed by atoms with E-state index in [1.807, 2.05) is 6.92 Å². The van der Waals surface area contributed by atoms with Gasteiger partial charge in [0, 0.05) is 18.7 Å². The Labute approximate surface area is 91.1 Å². The SMILES string of the molecule is CCOC(=O)/C=C1\CCN2CCC[C@H]2C1. The van der Waals surface area contributed by atoms with Crippen LogP contribution in [0.15, 0.2) is 11.6 Å². The number of nitrogens with zero attached hydrogens (tertiary/aromatic N) is 1. The minimum absolute atomic E-state index is 0.168. The molecule has 2 rings (SSSR count). The molecule has 0 aromatic carbocycles. The smallest absolute Gasteiger partial charge is 0.330 e. The number of hydrogen-bond acceptors (Lipinski definition) is 3. The van der Waals surface area contributed by atoms with Crippen molar-refractivity contribution >= 4 is 5.97 Å². The Kier molecular flexibility index (Phi) is 3.41. The van der Waals surface area contributed by atoms with Crippen molar-refractivity contribution in [3.8, 4) is 0 Å². The fourth-order valence-corrected chi connectivity index (χ4v) is 2.59. The molecule has 0 unspecified atom stereocenters. The highest BCUT2D eigenvalue weighted by molar-refractivity contribution is 5.82. The summed E-state index contributed by atoms with van der Waals surface area (Å²) in [5, 5.41) is 0. The summed E-state index contributed by atoms with van der Waals surface area (Å²) in [4.78, 5) is 13.8. The molecule has 2 aliphatic heterocycles. The predicted molar refractivity (Wildman–Crippen MR) is 58.5 cm³/mol. The lowest BCUT2D eigenvalue weighted by Gasteiger charge is -2.30. The monoisotopic (exact) mass is 209 g/mol. The molecule has 0 amide bonds. The maximum absolute atomic E-state index is 11.3. The van der Waals surface area contributed by atoms with Crippen molar-refractivity contribution in [3.63, 3.8) is 0 Å². The molecule has 3 heteroatoms. The van der Waals surface area contributed by atoms with Crippen LogP contribution in [-0.2, 0) is 9.53 Å². The van der Waals surface area contributed by atoms with E-state index in [1.165, 1.54) is 25.0 Å². The van der Waals surface area contributed by atoms with Crippen molar-refractivity contribution in [2.45, 2.75) is 38.6 Å². The van der Waals surface area contributed by atoms with Gasteiger partial charge < -0.3 is 4.74 Å². The molecule has 2 saturated heterocycles. The Hall–Kier alpha value is -0.830. The number of hydrogen-bond donors (Lipinski definition) is 0. The number of carbonyl (C=O) groups excluding carboxylic acids is 1. The first-order chi connectivity index (χ1) is 7.29. The molecule has 0 spiro atoms. The molecule has 2 fully saturated rings. The number of esters is 1. The first-order valence-corrected chi connectivity index (χ1v) is 5.90. The Balaban J connectivity index is 1.91. The van der Waals surface area contributed by atoms with Crippen molar-refractivity contribution in [3.05, 3.63) is 11.6 Å². The van der Waals surface area contributed by atoms with Crippen LogP contribution >= 0.6 is 0 Å². The van der Waals surface area contributed by atoms with Crippen molar-refractivity contribution in [1.82, 2.24) is 4.90 Å². The Bertz CT molecular complexity index is 273. The van der Waals surface area contributed by atoms with Crippen LogP contribution in [0.5, 0.6) is 0 Å². The lowest BCUT2D eigenvalue weighted by Crippen LogP contribution is -2.35. The summed E-state index contributed by atoms with van der Waals surface area (Å²) in [7, 11) is 0. The molecule has 84 valence electrons. The number of fused-ring (bicyclic) bond motifs is 1. The summed E-state index contributed by atoms with van der Waals surface area (Å²) in [6, 6.07) is 0.694. The molecule has 2 aliphatic rings. The Morgan fingerprint density at radius 3 is 3.27 bits per heavy atom. The first kappa shape index (κ1) is 10.7. The zero-order valence-electron chi connectivity index (χ0n) is 9.37. The lowest BCUT2D eigenvalue weighted by molar-refractivity contribution is -0.137. The predicted octanol–water partition coefficient (Wildman–Crippen LogP) is 1.73. The van der Waals surface area contributed by atoms with E-state index in [-0.39, 0.29) is 5.97 Å². The third-order valence-electron chi connectivity index (χ3n) is 3.33. The van der Waals surface area contributed by atoms with E-state index in [1.54, 1.807) is 6.08 Å². The van der Waals surface area contributed by atoms with Gasteiger partial charge >= 0.3 is 5.97 Å². The van der Waals surface area contributed by atoms with E-state index in [0.717, 1.165) is 19.4 Å². The molecule has 0 bridgehead atoms. The zero-order valence-corrected chi connectivity index (χ0v) is 9.37. The molecule has 0 N–H and O–H groups in total. The van der Waals surface area contributed by atoms with E-state index in [4.69, 9.17) is 4.74 Å². The summed E-state index contributed by atoms with van der Waals surface area (Å²) in [6.07, 6.45) is 6.42. The van der Waals surface area contributed by atoms with E-state index in [2.05, 4.69) is 4.90 Å². The Morgan fingerprint density at radius 2 is 2.47 bits per heavy atom. The maximum atomic E-state index is 11.3. The topological polar surface area (TPSA) is 29.5 Å². The van der Waals surface area contributed by atoms with Gasteiger partial charge in [0.05, 0.1) is 6.61 Å². The van der Waals surface area contributed by atoms with Crippen LogP contribution in [0.2, 0.25) is 0 Å². The fourth-order valence-electron chi connectivity index (χ4n) is 2.59. The highest BCUT2D eigenvalue weighted by Crippen LogP contribution is 2.29. The summed E-state index contributed by atoms with van der Waals surface area (Å²) >= 11 is 0. The lowest BCUT2D eigenvalue weighted by atomic mass is 9.97. The first-order valence-electron chi connectivity index (χ1n) is 5.90. The third-order valence-corrected chi connectivity index (χ3v) is 3.33. The van der Waals surface area contributed by atoms with Gasteiger partial charge in [-0.3, -0.25) is 4.90 Å². The second-order valence-corrected chi connectivity index (χ2v) is 4.34. The molecule has 0 aromatic heterocycles. The van der Waals surface area contributed by atoms with Gasteiger partial charge in [0.1, 0.15) is 0 Å². The minimum atomic E-state index is -0.168. The zero-order chi connectivity index (χ0) is 10.7. The van der Waals surface area contributed by atoms with E-state index >= 15 is 0 Å². The largest absolute Gasteiger partial charge is 0.463 e. The highest BCUT2D eigenvalue weighted by Gasteiger charge is 2.28. The number of ether oxygens (including phenoxy) is 1. The summed E-state index contributed by atoms with van der Waals surface area (Å²) in [5.41, 5.74) is 1.27. The van der Waals surface area contributed by atoms with E-state index < -0.39 is 0 Å². The minimum Gasteiger partial charge on any atom is -0.463 e. The van der Waals surface area contributed by atoms with Crippen molar-refractivity contribution in [2.75, 3.05) is 19.7 Å². The van der Waals surface area contributed by atoms with Crippen LogP contribution < -0.4 is 0 Å². The summed E-state index contributed by atoms with van der Waals surface area (Å²) < 4.78 is 4.93. The van der Waals surface area contributed by atoms with Gasteiger partial charge in [0.25, 0.3) is 0 Å². The average molecular weight is 209 g/mol. The molecule has 2 heterocycles. The van der Waals surface area contributed by atoms with Crippen LogP contribution in [0, 0.1) is 0 Å². The molecule has 3 nitrogen and oxygen atoms in total. The molecule has 15 heavy (non-hydrogen) atoms. The molecule has 0 radical (unpaired) electrons. The fraction of sp³-hybridized carbons (Fsp3) is 0.750. The molecule has 0 aliphatic carbocycles. The molecule has 1 atom stereocenters. The second-order valence-electron chi connectivity index (χ2n) is 4.34. The van der Waals surface area contributed by atoms with Crippen LogP contribution in [-0.4, -0.2) is 36.6 Å².